The van der Waals surface area contributed by atoms with Crippen LogP contribution in [-0.2, 0) is 6.54 Å². The van der Waals surface area contributed by atoms with E-state index < -0.39 is 5.97 Å². The second-order valence-electron chi connectivity index (χ2n) is 5.53. The maximum atomic E-state index is 10.9. The van der Waals surface area contributed by atoms with Crippen LogP contribution < -0.4 is 0 Å². The van der Waals surface area contributed by atoms with Crippen LogP contribution in [0.4, 0.5) is 0 Å². The third-order valence-electron chi connectivity index (χ3n) is 3.83. The Bertz CT molecular complexity index is 428. The molecule has 0 spiro atoms. The summed E-state index contributed by atoms with van der Waals surface area (Å²) in [7, 11) is 0. The first kappa shape index (κ1) is 13.1. The van der Waals surface area contributed by atoms with E-state index in [0.29, 0.717) is 5.56 Å². The lowest BCUT2D eigenvalue weighted by molar-refractivity contribution is 0.0696. The maximum Gasteiger partial charge on any atom is 0.335 e. The smallest absolute Gasteiger partial charge is 0.335 e. The zero-order valence-corrected chi connectivity index (χ0v) is 11.1. The summed E-state index contributed by atoms with van der Waals surface area (Å²) in [5.41, 5.74) is 1.48. The molecule has 0 saturated carbocycles. The largest absolute Gasteiger partial charge is 0.478 e. The lowest BCUT2D eigenvalue weighted by atomic mass is 9.95. The highest BCUT2D eigenvalue weighted by Crippen LogP contribution is 2.24. The van der Waals surface area contributed by atoms with Gasteiger partial charge in [-0.15, -0.1) is 0 Å². The van der Waals surface area contributed by atoms with Gasteiger partial charge in [0.15, 0.2) is 0 Å². The molecular weight excluding hydrogens is 226 g/mol. The van der Waals surface area contributed by atoms with Gasteiger partial charge in [-0.2, -0.15) is 0 Å². The summed E-state index contributed by atoms with van der Waals surface area (Å²) in [4.78, 5) is 13.3. The molecule has 1 atom stereocenters. The Labute approximate surface area is 108 Å². The molecule has 3 heteroatoms. The van der Waals surface area contributed by atoms with Crippen molar-refractivity contribution in [3.63, 3.8) is 0 Å². The highest BCUT2D eigenvalue weighted by molar-refractivity contribution is 5.87. The first-order chi connectivity index (χ1) is 8.56. The van der Waals surface area contributed by atoms with Gasteiger partial charge < -0.3 is 5.11 Å². The van der Waals surface area contributed by atoms with Crippen LogP contribution in [-0.4, -0.2) is 29.1 Å². The minimum Gasteiger partial charge on any atom is -0.478 e. The first-order valence-corrected chi connectivity index (χ1v) is 6.61. The average molecular weight is 247 g/mol. The number of hydrogen-bond donors (Lipinski definition) is 1. The topological polar surface area (TPSA) is 40.5 Å². The molecule has 1 aliphatic rings. The summed E-state index contributed by atoms with van der Waals surface area (Å²) >= 11 is 0. The molecule has 3 nitrogen and oxygen atoms in total. The molecule has 1 aliphatic heterocycles. The summed E-state index contributed by atoms with van der Waals surface area (Å²) in [6, 6.07) is 7.27. The molecule has 1 N–H and O–H groups in total. The number of benzene rings is 1. The second kappa shape index (κ2) is 5.53. The predicted octanol–water partition coefficient (Wildman–Crippen LogP) is 2.86. The van der Waals surface area contributed by atoms with Crippen molar-refractivity contribution >= 4 is 5.97 Å². The summed E-state index contributed by atoms with van der Waals surface area (Å²) in [5, 5.41) is 8.97. The first-order valence-electron chi connectivity index (χ1n) is 6.61. The number of carboxylic acid groups (broad SMARTS) is 1. The summed E-state index contributed by atoms with van der Waals surface area (Å²) in [6.45, 7) is 7.68. The van der Waals surface area contributed by atoms with E-state index >= 15 is 0 Å². The molecule has 1 heterocycles. The van der Waals surface area contributed by atoms with Gasteiger partial charge in [-0.05, 0) is 42.5 Å². The number of carbonyl (C=O) groups is 1. The molecule has 1 saturated heterocycles. The van der Waals surface area contributed by atoms with Crippen molar-refractivity contribution < 1.29 is 9.90 Å². The van der Waals surface area contributed by atoms with Crippen LogP contribution >= 0.6 is 0 Å². The highest BCUT2D eigenvalue weighted by atomic mass is 16.4. The number of carboxylic acids is 1. The normalized spacial score (nSPS) is 20.5. The lowest BCUT2D eigenvalue weighted by Crippen LogP contribution is -2.21. The summed E-state index contributed by atoms with van der Waals surface area (Å²) in [5.74, 6) is 0.673. The molecular formula is C15H21NO2. The fourth-order valence-corrected chi connectivity index (χ4v) is 2.61. The molecule has 18 heavy (non-hydrogen) atoms. The van der Waals surface area contributed by atoms with Gasteiger partial charge in [0.2, 0.25) is 0 Å². The maximum absolute atomic E-state index is 10.9. The lowest BCUT2D eigenvalue weighted by Gasteiger charge is -2.18. The quantitative estimate of drug-likeness (QED) is 0.889. The van der Waals surface area contributed by atoms with E-state index in [9.17, 15) is 4.79 Å². The molecule has 1 fully saturated rings. The SMILES string of the molecule is CC(C)C1CCN(Cc2cccc(C(=O)O)c2)C1. The van der Waals surface area contributed by atoms with Crippen LogP contribution in [0.25, 0.3) is 0 Å². The van der Waals surface area contributed by atoms with E-state index in [0.717, 1.165) is 37.0 Å². The zero-order chi connectivity index (χ0) is 13.1. The molecule has 1 aromatic rings. The van der Waals surface area contributed by atoms with E-state index in [1.54, 1.807) is 12.1 Å². The van der Waals surface area contributed by atoms with Crippen molar-refractivity contribution in [2.45, 2.75) is 26.8 Å². The highest BCUT2D eigenvalue weighted by Gasteiger charge is 2.24. The number of nitrogens with zero attached hydrogens (tertiary/aromatic N) is 1. The molecule has 0 amide bonds. The molecule has 2 rings (SSSR count). The van der Waals surface area contributed by atoms with Gasteiger partial charge in [0.25, 0.3) is 0 Å². The fourth-order valence-electron chi connectivity index (χ4n) is 2.61. The van der Waals surface area contributed by atoms with E-state index in [2.05, 4.69) is 18.7 Å². The van der Waals surface area contributed by atoms with Gasteiger partial charge >= 0.3 is 5.97 Å². The average Bonchev–Trinajstić information content (AvgIpc) is 2.78. The summed E-state index contributed by atoms with van der Waals surface area (Å²) < 4.78 is 0. The predicted molar refractivity (Wildman–Crippen MR) is 71.6 cm³/mol. The minimum absolute atomic E-state index is 0.382. The van der Waals surface area contributed by atoms with Gasteiger partial charge in [0.1, 0.15) is 0 Å². The van der Waals surface area contributed by atoms with Gasteiger partial charge in [0.05, 0.1) is 5.56 Å². The third kappa shape index (κ3) is 3.10. The van der Waals surface area contributed by atoms with Crippen LogP contribution in [0.2, 0.25) is 0 Å². The van der Waals surface area contributed by atoms with Gasteiger partial charge in [0, 0.05) is 13.1 Å². The van der Waals surface area contributed by atoms with Crippen molar-refractivity contribution in [2.24, 2.45) is 11.8 Å². The molecule has 0 radical (unpaired) electrons. The Morgan fingerprint density at radius 2 is 2.28 bits per heavy atom. The van der Waals surface area contributed by atoms with Crippen LogP contribution in [0, 0.1) is 11.8 Å². The zero-order valence-electron chi connectivity index (χ0n) is 11.1. The van der Waals surface area contributed by atoms with E-state index in [1.165, 1.54) is 6.42 Å². The number of aromatic carboxylic acids is 1. The molecule has 0 aliphatic carbocycles. The summed E-state index contributed by atoms with van der Waals surface area (Å²) in [6.07, 6.45) is 1.26. The van der Waals surface area contributed by atoms with Gasteiger partial charge in [-0.3, -0.25) is 4.90 Å². The van der Waals surface area contributed by atoms with Crippen LogP contribution in [0.5, 0.6) is 0 Å². The van der Waals surface area contributed by atoms with Gasteiger partial charge in [-0.1, -0.05) is 26.0 Å². The third-order valence-corrected chi connectivity index (χ3v) is 3.83. The van der Waals surface area contributed by atoms with Crippen LogP contribution in [0.15, 0.2) is 24.3 Å². The van der Waals surface area contributed by atoms with Crippen molar-refractivity contribution in [1.29, 1.82) is 0 Å². The van der Waals surface area contributed by atoms with Crippen molar-refractivity contribution in [3.05, 3.63) is 35.4 Å². The Hall–Kier alpha value is -1.35. The monoisotopic (exact) mass is 247 g/mol. The Morgan fingerprint density at radius 1 is 1.50 bits per heavy atom. The van der Waals surface area contributed by atoms with Crippen LogP contribution in [0.1, 0.15) is 36.2 Å². The molecule has 98 valence electrons. The molecule has 1 aromatic carbocycles. The van der Waals surface area contributed by atoms with E-state index in [1.807, 2.05) is 12.1 Å². The number of rotatable bonds is 4. The van der Waals surface area contributed by atoms with Crippen molar-refractivity contribution in [2.75, 3.05) is 13.1 Å². The van der Waals surface area contributed by atoms with Crippen molar-refractivity contribution in [1.82, 2.24) is 4.90 Å². The Morgan fingerprint density at radius 3 is 2.89 bits per heavy atom. The molecule has 1 unspecified atom stereocenters. The Balaban J connectivity index is 1.98. The van der Waals surface area contributed by atoms with Crippen molar-refractivity contribution in [3.8, 4) is 0 Å². The van der Waals surface area contributed by atoms with E-state index in [-0.39, 0.29) is 0 Å². The number of likely N-dealkylation sites (tertiary alicyclic amines) is 1. The fraction of sp³-hybridized carbons (Fsp3) is 0.533. The molecule has 0 bridgehead atoms. The van der Waals surface area contributed by atoms with E-state index in [4.69, 9.17) is 5.11 Å². The second-order valence-corrected chi connectivity index (χ2v) is 5.53. The number of hydrogen-bond acceptors (Lipinski definition) is 2. The Kier molecular flexibility index (Phi) is 4.02. The van der Waals surface area contributed by atoms with Crippen LogP contribution in [0.3, 0.4) is 0 Å². The standard InChI is InChI=1S/C15H21NO2/c1-11(2)14-6-7-16(10-14)9-12-4-3-5-13(8-12)15(17)18/h3-5,8,11,14H,6-7,9-10H2,1-2H3,(H,17,18). The van der Waals surface area contributed by atoms with Gasteiger partial charge in [-0.25, -0.2) is 4.79 Å². The molecule has 0 aromatic heterocycles. The minimum atomic E-state index is -0.849.